The van der Waals surface area contributed by atoms with Gasteiger partial charge in [0, 0.05) is 12.6 Å². The number of amidine groups is 1. The van der Waals surface area contributed by atoms with Crippen LogP contribution in [0.1, 0.15) is 5.56 Å². The Kier molecular flexibility index (Phi) is 3.82. The third kappa shape index (κ3) is 3.17. The molecule has 1 aliphatic rings. The minimum absolute atomic E-state index is 0.484. The fourth-order valence-corrected chi connectivity index (χ4v) is 2.19. The Bertz CT molecular complexity index is 810. The second-order valence-electron chi connectivity index (χ2n) is 4.53. The normalized spacial score (nSPS) is 16.2. The molecular formula is C15H11Cl2N3O. The Balaban J connectivity index is 1.86. The summed E-state index contributed by atoms with van der Waals surface area (Å²) in [4.78, 5) is 13.9. The second-order valence-corrected chi connectivity index (χ2v) is 5.35. The van der Waals surface area contributed by atoms with E-state index in [0.29, 0.717) is 33.5 Å². The number of hydroxylamine groups is 1. The second kappa shape index (κ2) is 5.76. The Labute approximate surface area is 131 Å². The molecule has 3 rings (SSSR count). The molecule has 106 valence electrons. The summed E-state index contributed by atoms with van der Waals surface area (Å²) in [7, 11) is 0. The number of benzene rings is 1. The van der Waals surface area contributed by atoms with Crippen LogP contribution >= 0.6 is 23.2 Å². The van der Waals surface area contributed by atoms with Gasteiger partial charge in [-0.05, 0) is 29.8 Å². The first-order valence-corrected chi connectivity index (χ1v) is 6.97. The predicted octanol–water partition coefficient (Wildman–Crippen LogP) is 2.04. The fraction of sp³-hybridized carbons (Fsp3) is 0.0667. The summed E-state index contributed by atoms with van der Waals surface area (Å²) in [5, 5.41) is 2.54. The number of hydrogen-bond donors (Lipinski definition) is 1. The molecule has 1 aromatic carbocycles. The summed E-state index contributed by atoms with van der Waals surface area (Å²) in [5.41, 5.74) is 3.79. The molecule has 0 fully saturated rings. The highest BCUT2D eigenvalue weighted by Gasteiger charge is 2.13. The van der Waals surface area contributed by atoms with Gasteiger partial charge < -0.3 is 4.84 Å². The van der Waals surface area contributed by atoms with Gasteiger partial charge in [-0.2, -0.15) is 4.99 Å². The molecule has 1 aliphatic heterocycles. The third-order valence-electron chi connectivity index (χ3n) is 2.93. The van der Waals surface area contributed by atoms with E-state index in [0.717, 1.165) is 10.8 Å². The number of hydrogen-bond acceptors (Lipinski definition) is 4. The highest BCUT2D eigenvalue weighted by atomic mass is 35.5. The molecule has 0 amide bonds. The van der Waals surface area contributed by atoms with Crippen molar-refractivity contribution in [2.75, 3.05) is 0 Å². The Morgan fingerprint density at radius 3 is 2.71 bits per heavy atom. The van der Waals surface area contributed by atoms with Gasteiger partial charge in [0.2, 0.25) is 0 Å². The van der Waals surface area contributed by atoms with E-state index in [9.17, 15) is 0 Å². The van der Waals surface area contributed by atoms with Gasteiger partial charge in [0.05, 0.1) is 20.6 Å². The number of nitrogens with one attached hydrogen (secondary N) is 1. The van der Waals surface area contributed by atoms with Crippen LogP contribution in [0.25, 0.3) is 12.5 Å². The van der Waals surface area contributed by atoms with Crippen molar-refractivity contribution in [3.05, 3.63) is 62.7 Å². The summed E-state index contributed by atoms with van der Waals surface area (Å²) < 4.78 is 0. The topological polar surface area (TPSA) is 46.5 Å². The number of nitrogens with zero attached hydrogens (tertiary/aromatic N) is 2. The van der Waals surface area contributed by atoms with Gasteiger partial charge in [-0.15, -0.1) is 0 Å². The highest BCUT2D eigenvalue weighted by molar-refractivity contribution is 6.42. The van der Waals surface area contributed by atoms with Gasteiger partial charge in [-0.25, -0.2) is 5.48 Å². The zero-order valence-corrected chi connectivity index (χ0v) is 12.4. The quantitative estimate of drug-likeness (QED) is 0.921. The van der Waals surface area contributed by atoms with Crippen LogP contribution in [0.2, 0.25) is 10.0 Å². The summed E-state index contributed by atoms with van der Waals surface area (Å²) in [6.07, 6.45) is 2.24. The van der Waals surface area contributed by atoms with Crippen molar-refractivity contribution < 1.29 is 4.84 Å². The first kappa shape index (κ1) is 13.9. The lowest BCUT2D eigenvalue weighted by molar-refractivity contribution is 0.228. The molecule has 4 nitrogen and oxygen atoms in total. The lowest BCUT2D eigenvalue weighted by atomic mass is 10.1. The molecule has 2 aromatic rings. The molecule has 0 aliphatic carbocycles. The average molecular weight is 320 g/mol. The maximum Gasteiger partial charge on any atom is 0.256 e. The van der Waals surface area contributed by atoms with Crippen LogP contribution in [0.3, 0.4) is 0 Å². The van der Waals surface area contributed by atoms with Crippen molar-refractivity contribution in [1.82, 2.24) is 10.5 Å². The molecule has 0 saturated heterocycles. The fourth-order valence-electron chi connectivity index (χ4n) is 1.87. The van der Waals surface area contributed by atoms with E-state index < -0.39 is 0 Å². The smallest absolute Gasteiger partial charge is 0.256 e. The van der Waals surface area contributed by atoms with Crippen molar-refractivity contribution in [3.63, 3.8) is 0 Å². The predicted molar refractivity (Wildman–Crippen MR) is 84.2 cm³/mol. The maximum atomic E-state index is 6.00. The summed E-state index contributed by atoms with van der Waals surface area (Å²) in [5.74, 6) is 1.18. The van der Waals surface area contributed by atoms with E-state index in [4.69, 9.17) is 28.0 Å². The van der Waals surface area contributed by atoms with Crippen LogP contribution in [0, 0.1) is 0 Å². The van der Waals surface area contributed by atoms with Crippen LogP contribution in [0.4, 0.5) is 0 Å². The van der Waals surface area contributed by atoms with E-state index in [1.54, 1.807) is 18.3 Å². The monoisotopic (exact) mass is 319 g/mol. The molecule has 1 N–H and O–H groups in total. The lowest BCUT2D eigenvalue weighted by Gasteiger charge is -2.02. The van der Waals surface area contributed by atoms with Crippen molar-refractivity contribution in [3.8, 4) is 0 Å². The molecule has 0 unspecified atom stereocenters. The minimum Gasteiger partial charge on any atom is -0.360 e. The van der Waals surface area contributed by atoms with Crippen LogP contribution in [-0.2, 0) is 11.3 Å². The highest BCUT2D eigenvalue weighted by Crippen LogP contribution is 2.23. The number of aromatic nitrogens is 1. The van der Waals surface area contributed by atoms with Gasteiger partial charge >= 0.3 is 0 Å². The standard InChI is InChI=1S/C15H11Cl2N3O/c1-9-2-4-11(8-18-9)15-19-14(20-21-15)7-10-3-5-12(16)13(17)6-10/h2-6,8H,1,7H2,(H,19,20). The van der Waals surface area contributed by atoms with Crippen molar-refractivity contribution >= 4 is 41.5 Å². The zero-order chi connectivity index (χ0) is 14.8. The largest absolute Gasteiger partial charge is 0.360 e. The van der Waals surface area contributed by atoms with E-state index in [2.05, 4.69) is 22.0 Å². The van der Waals surface area contributed by atoms with Crippen molar-refractivity contribution in [2.24, 2.45) is 4.99 Å². The first-order valence-electron chi connectivity index (χ1n) is 6.21. The molecule has 0 radical (unpaired) electrons. The van der Waals surface area contributed by atoms with Gasteiger partial charge in [0.25, 0.3) is 5.88 Å². The van der Waals surface area contributed by atoms with Crippen LogP contribution in [0.15, 0.2) is 41.5 Å². The van der Waals surface area contributed by atoms with E-state index in [-0.39, 0.29) is 0 Å². The third-order valence-corrected chi connectivity index (χ3v) is 3.67. The average Bonchev–Trinajstić information content (AvgIpc) is 2.92. The Morgan fingerprint density at radius 2 is 2.00 bits per heavy atom. The van der Waals surface area contributed by atoms with Crippen molar-refractivity contribution in [1.29, 1.82) is 0 Å². The summed E-state index contributed by atoms with van der Waals surface area (Å²) in [6, 6.07) is 9.13. The molecule has 0 bridgehead atoms. The molecule has 0 saturated carbocycles. The molecule has 0 spiro atoms. The maximum absolute atomic E-state index is 6.00. The van der Waals surface area contributed by atoms with Crippen molar-refractivity contribution in [2.45, 2.75) is 6.42 Å². The number of pyridine rings is 1. The molecule has 2 heterocycles. The van der Waals surface area contributed by atoms with E-state index >= 15 is 0 Å². The minimum atomic E-state index is 0.484. The van der Waals surface area contributed by atoms with Crippen LogP contribution < -0.4 is 16.0 Å². The van der Waals surface area contributed by atoms with Crippen LogP contribution in [-0.4, -0.2) is 10.8 Å². The molecular weight excluding hydrogens is 309 g/mol. The summed E-state index contributed by atoms with van der Waals surface area (Å²) in [6.45, 7) is 3.74. The lowest BCUT2D eigenvalue weighted by Crippen LogP contribution is -2.19. The molecule has 6 heteroatoms. The van der Waals surface area contributed by atoms with Gasteiger partial charge in [-0.3, -0.25) is 4.98 Å². The van der Waals surface area contributed by atoms with Gasteiger partial charge in [0.15, 0.2) is 0 Å². The Hall–Kier alpha value is -2.04. The summed E-state index contributed by atoms with van der Waals surface area (Å²) >= 11 is 11.9. The first-order chi connectivity index (χ1) is 10.1. The number of halogens is 2. The Morgan fingerprint density at radius 1 is 1.14 bits per heavy atom. The zero-order valence-electron chi connectivity index (χ0n) is 10.9. The molecule has 0 atom stereocenters. The van der Waals surface area contributed by atoms with Gasteiger partial charge in [-0.1, -0.05) is 35.8 Å². The van der Waals surface area contributed by atoms with E-state index in [1.807, 2.05) is 18.2 Å². The molecule has 1 aromatic heterocycles. The SMILES string of the molecule is C=c1ccc(=C2N=C(Cc3ccc(Cl)c(Cl)c3)NO2)cn1. The van der Waals surface area contributed by atoms with Crippen LogP contribution in [0.5, 0.6) is 0 Å². The van der Waals surface area contributed by atoms with Gasteiger partial charge in [0.1, 0.15) is 5.84 Å². The number of rotatable bonds is 2. The number of aliphatic imine (C=N–C) groups is 1. The van der Waals surface area contributed by atoms with E-state index in [1.165, 1.54) is 0 Å². The molecule has 21 heavy (non-hydrogen) atoms.